The molecule has 0 spiro atoms. The molecule has 0 aliphatic carbocycles. The van der Waals surface area contributed by atoms with E-state index in [0.29, 0.717) is 13.1 Å². The van der Waals surface area contributed by atoms with Crippen molar-refractivity contribution in [1.82, 2.24) is 10.2 Å². The van der Waals surface area contributed by atoms with Crippen LogP contribution in [-0.4, -0.2) is 57.2 Å². The Morgan fingerprint density at radius 1 is 1.14 bits per heavy atom. The van der Waals surface area contributed by atoms with Crippen LogP contribution in [0.25, 0.3) is 0 Å². The van der Waals surface area contributed by atoms with Gasteiger partial charge in [-0.15, -0.1) is 0 Å². The van der Waals surface area contributed by atoms with E-state index < -0.39 is 13.9 Å². The van der Waals surface area contributed by atoms with E-state index >= 15 is 0 Å². The smallest absolute Gasteiger partial charge is 0.410 e. The lowest BCUT2D eigenvalue weighted by atomic mass is 10.2. The lowest BCUT2D eigenvalue weighted by Crippen LogP contribution is -2.49. The molecule has 1 aliphatic heterocycles. The Kier molecular flexibility index (Phi) is 5.74. The number of carbonyl (C=O) groups excluding carboxylic acids is 1. The second-order valence-corrected chi connectivity index (χ2v) is 13.5. The minimum absolute atomic E-state index is 0.0263. The van der Waals surface area contributed by atoms with Gasteiger partial charge < -0.3 is 19.4 Å². The lowest BCUT2D eigenvalue weighted by Gasteiger charge is -2.39. The van der Waals surface area contributed by atoms with Crippen LogP contribution in [-0.2, 0) is 9.16 Å². The third kappa shape index (κ3) is 4.96. The van der Waals surface area contributed by atoms with Gasteiger partial charge in [0.05, 0.1) is 18.7 Å². The normalized spacial score (nSPS) is 23.8. The molecule has 1 rings (SSSR count). The Balaban J connectivity index is 2.76. The highest BCUT2D eigenvalue weighted by Gasteiger charge is 2.44. The van der Waals surface area contributed by atoms with Gasteiger partial charge in [-0.3, -0.25) is 0 Å². The molecule has 6 heteroatoms. The minimum atomic E-state index is -1.86. The van der Waals surface area contributed by atoms with E-state index in [2.05, 4.69) is 39.2 Å². The zero-order chi connectivity index (χ0) is 17.3. The third-order valence-corrected chi connectivity index (χ3v) is 9.05. The average Bonchev–Trinajstić information content (AvgIpc) is 2.67. The van der Waals surface area contributed by atoms with Gasteiger partial charge in [-0.1, -0.05) is 20.8 Å². The topological polar surface area (TPSA) is 50.8 Å². The van der Waals surface area contributed by atoms with Gasteiger partial charge in [-0.05, 0) is 46.0 Å². The Labute approximate surface area is 136 Å². The molecule has 0 aromatic rings. The number of carbonyl (C=O) groups is 1. The molecule has 0 saturated carbocycles. The summed E-state index contributed by atoms with van der Waals surface area (Å²) in [6, 6.07) is 0.154. The molecule has 22 heavy (non-hydrogen) atoms. The van der Waals surface area contributed by atoms with Crippen molar-refractivity contribution in [1.29, 1.82) is 0 Å². The van der Waals surface area contributed by atoms with Crippen molar-refractivity contribution in [2.45, 2.75) is 77.4 Å². The van der Waals surface area contributed by atoms with Crippen molar-refractivity contribution in [3.63, 3.8) is 0 Å². The van der Waals surface area contributed by atoms with Crippen LogP contribution in [0.15, 0.2) is 0 Å². The van der Waals surface area contributed by atoms with Crippen LogP contribution < -0.4 is 5.32 Å². The van der Waals surface area contributed by atoms with Crippen molar-refractivity contribution >= 4 is 14.4 Å². The van der Waals surface area contributed by atoms with Gasteiger partial charge in [-0.25, -0.2) is 4.79 Å². The monoisotopic (exact) mass is 330 g/mol. The minimum Gasteiger partial charge on any atom is -0.444 e. The van der Waals surface area contributed by atoms with Crippen molar-refractivity contribution < 1.29 is 14.0 Å². The fourth-order valence-corrected chi connectivity index (χ4v) is 3.55. The third-order valence-electron chi connectivity index (χ3n) is 4.54. The zero-order valence-corrected chi connectivity index (χ0v) is 16.7. The molecule has 1 aliphatic rings. The Hall–Kier alpha value is -0.593. The molecule has 0 radical (unpaired) electrons. The number of likely N-dealkylation sites (N-methyl/N-ethyl adjacent to an activating group) is 1. The number of hydrogen-bond acceptors (Lipinski definition) is 4. The van der Waals surface area contributed by atoms with Gasteiger partial charge in [0.2, 0.25) is 0 Å². The number of hydrogen-bond donors (Lipinski definition) is 1. The first kappa shape index (κ1) is 19.5. The van der Waals surface area contributed by atoms with E-state index in [4.69, 9.17) is 9.16 Å². The number of likely N-dealkylation sites (tertiary alicyclic amines) is 1. The summed E-state index contributed by atoms with van der Waals surface area (Å²) in [6.45, 7) is 18.1. The van der Waals surface area contributed by atoms with E-state index in [9.17, 15) is 4.79 Å². The maximum absolute atomic E-state index is 12.3. The number of rotatable bonds is 3. The molecule has 0 bridgehead atoms. The number of amides is 1. The fraction of sp³-hybridized carbons (Fsp3) is 0.938. The van der Waals surface area contributed by atoms with Crippen LogP contribution >= 0.6 is 0 Å². The molecule has 1 amide bonds. The van der Waals surface area contributed by atoms with Crippen LogP contribution in [0.4, 0.5) is 4.79 Å². The lowest BCUT2D eigenvalue weighted by molar-refractivity contribution is 0.0272. The van der Waals surface area contributed by atoms with Crippen LogP contribution in [0.5, 0.6) is 0 Å². The SMILES string of the molecule is CNC1CN(C(=O)OC(C)(C)C)CC1O[Si](C)(C)C(C)(C)C. The molecule has 130 valence electrons. The summed E-state index contributed by atoms with van der Waals surface area (Å²) >= 11 is 0. The zero-order valence-electron chi connectivity index (χ0n) is 15.7. The predicted molar refractivity (Wildman–Crippen MR) is 92.7 cm³/mol. The van der Waals surface area contributed by atoms with Crippen molar-refractivity contribution in [3.8, 4) is 0 Å². The Morgan fingerprint density at radius 3 is 2.09 bits per heavy atom. The Bertz CT molecular complexity index is 399. The van der Waals surface area contributed by atoms with Gasteiger partial charge in [0.25, 0.3) is 0 Å². The maximum atomic E-state index is 12.3. The van der Waals surface area contributed by atoms with Crippen LogP contribution in [0.3, 0.4) is 0 Å². The molecule has 1 heterocycles. The summed E-state index contributed by atoms with van der Waals surface area (Å²) in [7, 11) is 0.0639. The largest absolute Gasteiger partial charge is 0.444 e. The first-order valence-corrected chi connectivity index (χ1v) is 11.0. The van der Waals surface area contributed by atoms with Crippen LogP contribution in [0, 0.1) is 0 Å². The summed E-state index contributed by atoms with van der Waals surface area (Å²) in [6.07, 6.45) is -0.229. The van der Waals surface area contributed by atoms with E-state index in [1.54, 1.807) is 4.90 Å². The summed E-state index contributed by atoms with van der Waals surface area (Å²) in [5.74, 6) is 0. The molecule has 1 N–H and O–H groups in total. The second kappa shape index (κ2) is 6.49. The fourth-order valence-electron chi connectivity index (χ4n) is 2.20. The molecular formula is C16H34N2O3Si. The van der Waals surface area contributed by atoms with E-state index in [1.165, 1.54) is 0 Å². The molecule has 1 saturated heterocycles. The molecular weight excluding hydrogens is 296 g/mol. The maximum Gasteiger partial charge on any atom is 0.410 e. The van der Waals surface area contributed by atoms with Crippen molar-refractivity contribution in [2.24, 2.45) is 0 Å². The molecule has 2 unspecified atom stereocenters. The van der Waals surface area contributed by atoms with Gasteiger partial charge in [0, 0.05) is 6.54 Å². The molecule has 5 nitrogen and oxygen atoms in total. The molecule has 2 atom stereocenters. The first-order chi connectivity index (χ1) is 9.77. The van der Waals surface area contributed by atoms with E-state index in [1.807, 2.05) is 27.8 Å². The number of nitrogens with zero attached hydrogens (tertiary/aromatic N) is 1. The van der Waals surface area contributed by atoms with Crippen LogP contribution in [0.1, 0.15) is 41.5 Å². The van der Waals surface area contributed by atoms with Gasteiger partial charge in [0.1, 0.15) is 5.60 Å². The molecule has 0 aromatic heterocycles. The highest BCUT2D eigenvalue weighted by molar-refractivity contribution is 6.74. The van der Waals surface area contributed by atoms with E-state index in [0.717, 1.165) is 0 Å². The summed E-state index contributed by atoms with van der Waals surface area (Å²) in [5, 5.41) is 3.44. The number of ether oxygens (including phenoxy) is 1. The molecule has 1 fully saturated rings. The highest BCUT2D eigenvalue weighted by Crippen LogP contribution is 2.38. The van der Waals surface area contributed by atoms with E-state index in [-0.39, 0.29) is 23.3 Å². The quantitative estimate of drug-likeness (QED) is 0.807. The Morgan fingerprint density at radius 2 is 1.68 bits per heavy atom. The average molecular weight is 331 g/mol. The highest BCUT2D eigenvalue weighted by atomic mass is 28.4. The predicted octanol–water partition coefficient (Wildman–Crippen LogP) is 3.22. The standard InChI is InChI=1S/C16H34N2O3Si/c1-15(2,3)20-14(19)18-10-12(17-7)13(11-18)21-22(8,9)16(4,5)6/h12-13,17H,10-11H2,1-9H3. The van der Waals surface area contributed by atoms with Crippen molar-refractivity contribution in [3.05, 3.63) is 0 Å². The van der Waals surface area contributed by atoms with Crippen molar-refractivity contribution in [2.75, 3.05) is 20.1 Å². The van der Waals surface area contributed by atoms with Crippen LogP contribution in [0.2, 0.25) is 18.1 Å². The van der Waals surface area contributed by atoms with Gasteiger partial charge >= 0.3 is 6.09 Å². The second-order valence-electron chi connectivity index (χ2n) is 8.70. The van der Waals surface area contributed by atoms with Gasteiger partial charge in [-0.2, -0.15) is 0 Å². The van der Waals surface area contributed by atoms with Gasteiger partial charge in [0.15, 0.2) is 8.32 Å². The summed E-state index contributed by atoms with van der Waals surface area (Å²) in [4.78, 5) is 14.0. The number of nitrogens with one attached hydrogen (secondary N) is 1. The first-order valence-electron chi connectivity index (χ1n) is 8.10. The summed E-state index contributed by atoms with van der Waals surface area (Å²) < 4.78 is 12.0. The summed E-state index contributed by atoms with van der Waals surface area (Å²) in [5.41, 5.74) is -0.468. The molecule has 0 aromatic carbocycles.